The summed E-state index contributed by atoms with van der Waals surface area (Å²) in [7, 11) is 0. The highest BCUT2D eigenvalue weighted by Gasteiger charge is 2.08. The Labute approximate surface area is 137 Å². The van der Waals surface area contributed by atoms with Gasteiger partial charge in [-0.15, -0.1) is 5.10 Å². The fourth-order valence-electron chi connectivity index (χ4n) is 1.98. The average Bonchev–Trinajstić information content (AvgIpc) is 3.02. The molecule has 0 saturated carbocycles. The maximum atomic E-state index is 13.5. The second-order valence-electron chi connectivity index (χ2n) is 4.92. The van der Waals surface area contributed by atoms with Crippen molar-refractivity contribution in [2.75, 3.05) is 5.32 Å². The number of benzene rings is 1. The summed E-state index contributed by atoms with van der Waals surface area (Å²) in [4.78, 5) is 15.8. The monoisotopic (exact) mass is 327 g/mol. The minimum atomic E-state index is -0.444. The van der Waals surface area contributed by atoms with Crippen molar-refractivity contribution in [1.82, 2.24) is 20.0 Å². The van der Waals surface area contributed by atoms with Gasteiger partial charge in [-0.05, 0) is 24.3 Å². The molecule has 1 aromatic carbocycles. The van der Waals surface area contributed by atoms with Crippen LogP contribution >= 0.6 is 0 Å². The SMILES string of the molecule is O=C(Cn1cc(COc2ccccc2F)nn1)Nc1cccnc1. The predicted molar refractivity (Wildman–Crippen MR) is 83.6 cm³/mol. The van der Waals surface area contributed by atoms with Crippen LogP contribution in [0.1, 0.15) is 5.69 Å². The highest BCUT2D eigenvalue weighted by Crippen LogP contribution is 2.16. The number of carbonyl (C=O) groups excluding carboxylic acids is 1. The average molecular weight is 327 g/mol. The summed E-state index contributed by atoms with van der Waals surface area (Å²) >= 11 is 0. The number of hydrogen-bond acceptors (Lipinski definition) is 5. The minimum absolute atomic E-state index is 0.00158. The fourth-order valence-corrected chi connectivity index (χ4v) is 1.98. The van der Waals surface area contributed by atoms with E-state index in [1.54, 1.807) is 42.9 Å². The van der Waals surface area contributed by atoms with Crippen LogP contribution in [0, 0.1) is 5.82 Å². The van der Waals surface area contributed by atoms with Crippen molar-refractivity contribution in [3.05, 3.63) is 66.5 Å². The molecule has 0 aliphatic carbocycles. The fraction of sp³-hybridized carbons (Fsp3) is 0.125. The molecule has 0 spiro atoms. The van der Waals surface area contributed by atoms with Gasteiger partial charge in [0.15, 0.2) is 11.6 Å². The summed E-state index contributed by atoms with van der Waals surface area (Å²) in [6.07, 6.45) is 4.74. The summed E-state index contributed by atoms with van der Waals surface area (Å²) in [5.74, 6) is -0.559. The smallest absolute Gasteiger partial charge is 0.246 e. The first kappa shape index (κ1) is 15.6. The van der Waals surface area contributed by atoms with Gasteiger partial charge in [-0.1, -0.05) is 17.3 Å². The highest BCUT2D eigenvalue weighted by atomic mass is 19.1. The lowest BCUT2D eigenvalue weighted by Crippen LogP contribution is -2.19. The van der Waals surface area contributed by atoms with Gasteiger partial charge in [0.2, 0.25) is 5.91 Å². The first-order valence-electron chi connectivity index (χ1n) is 7.17. The third-order valence-corrected chi connectivity index (χ3v) is 3.05. The van der Waals surface area contributed by atoms with Crippen LogP contribution in [0.4, 0.5) is 10.1 Å². The molecule has 122 valence electrons. The number of pyridine rings is 1. The molecule has 0 radical (unpaired) electrons. The van der Waals surface area contributed by atoms with Crippen molar-refractivity contribution < 1.29 is 13.9 Å². The molecule has 2 aromatic heterocycles. The second kappa shape index (κ2) is 7.32. The molecular weight excluding hydrogens is 313 g/mol. The Hall–Kier alpha value is -3.29. The van der Waals surface area contributed by atoms with E-state index in [-0.39, 0.29) is 24.8 Å². The normalized spacial score (nSPS) is 10.4. The van der Waals surface area contributed by atoms with E-state index in [1.165, 1.54) is 16.8 Å². The van der Waals surface area contributed by atoms with E-state index < -0.39 is 5.82 Å². The van der Waals surface area contributed by atoms with Crippen molar-refractivity contribution in [3.63, 3.8) is 0 Å². The summed E-state index contributed by atoms with van der Waals surface area (Å²) in [5.41, 5.74) is 1.10. The molecule has 0 atom stereocenters. The Morgan fingerprint density at radius 1 is 1.25 bits per heavy atom. The van der Waals surface area contributed by atoms with Crippen LogP contribution in [0.2, 0.25) is 0 Å². The Kier molecular flexibility index (Phi) is 4.76. The van der Waals surface area contributed by atoms with Crippen molar-refractivity contribution in [2.45, 2.75) is 13.2 Å². The van der Waals surface area contributed by atoms with Gasteiger partial charge in [-0.2, -0.15) is 0 Å². The molecule has 0 bridgehead atoms. The molecule has 1 N–H and O–H groups in total. The number of nitrogens with zero attached hydrogens (tertiary/aromatic N) is 4. The van der Waals surface area contributed by atoms with Gasteiger partial charge < -0.3 is 10.1 Å². The molecular formula is C16H14FN5O2. The molecule has 0 saturated heterocycles. The first-order chi connectivity index (χ1) is 11.7. The molecule has 0 fully saturated rings. The van der Waals surface area contributed by atoms with Gasteiger partial charge in [0.05, 0.1) is 18.1 Å². The summed E-state index contributed by atoms with van der Waals surface area (Å²) in [6, 6.07) is 9.57. The topological polar surface area (TPSA) is 81.9 Å². The molecule has 2 heterocycles. The van der Waals surface area contributed by atoms with Gasteiger partial charge in [0, 0.05) is 6.20 Å². The van der Waals surface area contributed by atoms with Gasteiger partial charge >= 0.3 is 0 Å². The Morgan fingerprint density at radius 2 is 2.12 bits per heavy atom. The quantitative estimate of drug-likeness (QED) is 0.749. The van der Waals surface area contributed by atoms with Gasteiger partial charge in [0.25, 0.3) is 0 Å². The lowest BCUT2D eigenvalue weighted by molar-refractivity contribution is -0.116. The van der Waals surface area contributed by atoms with Gasteiger partial charge in [0.1, 0.15) is 18.8 Å². The molecule has 3 rings (SSSR count). The molecule has 0 aliphatic rings. The summed E-state index contributed by atoms with van der Waals surface area (Å²) in [5, 5.41) is 10.4. The number of anilines is 1. The van der Waals surface area contributed by atoms with Crippen LogP contribution in [0.25, 0.3) is 0 Å². The molecule has 0 aliphatic heterocycles. The zero-order valence-electron chi connectivity index (χ0n) is 12.6. The second-order valence-corrected chi connectivity index (χ2v) is 4.92. The maximum Gasteiger partial charge on any atom is 0.246 e. The van der Waals surface area contributed by atoms with E-state index in [2.05, 4.69) is 20.6 Å². The van der Waals surface area contributed by atoms with Crippen LogP contribution < -0.4 is 10.1 Å². The zero-order chi connectivity index (χ0) is 16.8. The van der Waals surface area contributed by atoms with Crippen LogP contribution in [0.15, 0.2) is 55.0 Å². The number of aromatic nitrogens is 4. The van der Waals surface area contributed by atoms with E-state index in [0.717, 1.165) is 0 Å². The standard InChI is InChI=1S/C16H14FN5O2/c17-14-5-1-2-6-15(14)24-11-13-9-22(21-20-13)10-16(23)19-12-4-3-7-18-8-12/h1-9H,10-11H2,(H,19,23). The Bertz CT molecular complexity index is 822. The van der Waals surface area contributed by atoms with Crippen LogP contribution in [-0.4, -0.2) is 25.9 Å². The first-order valence-corrected chi connectivity index (χ1v) is 7.17. The molecule has 7 nitrogen and oxygen atoms in total. The lowest BCUT2D eigenvalue weighted by atomic mass is 10.3. The molecule has 8 heteroatoms. The van der Waals surface area contributed by atoms with E-state index >= 15 is 0 Å². The largest absolute Gasteiger partial charge is 0.484 e. The van der Waals surface area contributed by atoms with E-state index in [9.17, 15) is 9.18 Å². The van der Waals surface area contributed by atoms with Crippen molar-refractivity contribution in [1.29, 1.82) is 0 Å². The lowest BCUT2D eigenvalue weighted by Gasteiger charge is -2.04. The van der Waals surface area contributed by atoms with E-state index in [4.69, 9.17) is 4.74 Å². The van der Waals surface area contributed by atoms with Crippen LogP contribution in [0.5, 0.6) is 5.75 Å². The zero-order valence-corrected chi connectivity index (χ0v) is 12.6. The summed E-state index contributed by atoms with van der Waals surface area (Å²) < 4.78 is 20.2. The van der Waals surface area contributed by atoms with E-state index in [0.29, 0.717) is 11.4 Å². The van der Waals surface area contributed by atoms with Crippen LogP contribution in [0.3, 0.4) is 0 Å². The van der Waals surface area contributed by atoms with Crippen molar-refractivity contribution >= 4 is 11.6 Å². The molecule has 1 amide bonds. The highest BCUT2D eigenvalue weighted by molar-refractivity contribution is 5.90. The third-order valence-electron chi connectivity index (χ3n) is 3.05. The number of halogens is 1. The van der Waals surface area contributed by atoms with Crippen LogP contribution in [-0.2, 0) is 17.9 Å². The van der Waals surface area contributed by atoms with Crippen molar-refractivity contribution in [2.24, 2.45) is 0 Å². The van der Waals surface area contributed by atoms with Gasteiger partial charge in [-0.25, -0.2) is 9.07 Å². The maximum absolute atomic E-state index is 13.5. The number of ether oxygens (including phenoxy) is 1. The Balaban J connectivity index is 1.54. The Morgan fingerprint density at radius 3 is 2.92 bits per heavy atom. The third kappa shape index (κ3) is 4.13. The van der Waals surface area contributed by atoms with E-state index in [1.807, 2.05) is 0 Å². The summed E-state index contributed by atoms with van der Waals surface area (Å²) in [6.45, 7) is 0.0623. The van der Waals surface area contributed by atoms with Gasteiger partial charge in [-0.3, -0.25) is 9.78 Å². The molecule has 24 heavy (non-hydrogen) atoms. The molecule has 0 unspecified atom stereocenters. The predicted octanol–water partition coefficient (Wildman–Crippen LogP) is 2.03. The number of nitrogens with one attached hydrogen (secondary N) is 1. The number of para-hydroxylation sites is 1. The number of hydrogen-bond donors (Lipinski definition) is 1. The number of carbonyl (C=O) groups is 1. The number of rotatable bonds is 6. The number of amides is 1. The minimum Gasteiger partial charge on any atom is -0.484 e. The van der Waals surface area contributed by atoms with Crippen molar-refractivity contribution in [3.8, 4) is 5.75 Å². The molecule has 3 aromatic rings.